The Balaban J connectivity index is 2.43. The summed E-state index contributed by atoms with van der Waals surface area (Å²) >= 11 is 0. The van der Waals surface area contributed by atoms with E-state index in [0.717, 1.165) is 18.7 Å². The number of ether oxygens (including phenoxy) is 1. The molecule has 1 atom stereocenters. The van der Waals surface area contributed by atoms with Crippen LogP contribution in [-0.2, 0) is 4.74 Å². The van der Waals surface area contributed by atoms with Gasteiger partial charge in [-0.3, -0.25) is 4.98 Å². The monoisotopic (exact) mass is 208 g/mol. The van der Waals surface area contributed by atoms with Gasteiger partial charge in [-0.2, -0.15) is 0 Å². The minimum absolute atomic E-state index is 0.388. The number of unbranched alkanes of at least 4 members (excludes halogenated alkanes) is 1. The number of nitrogens with zero attached hydrogens (tertiary/aromatic N) is 1. The van der Waals surface area contributed by atoms with E-state index < -0.39 is 0 Å². The quantitative estimate of drug-likeness (QED) is 0.748. The number of pyridine rings is 1. The summed E-state index contributed by atoms with van der Waals surface area (Å²) in [5.41, 5.74) is 1.07. The van der Waals surface area contributed by atoms with E-state index in [1.54, 1.807) is 13.3 Å². The number of nitrogens with one attached hydrogen (secondary N) is 1. The second kappa shape index (κ2) is 7.23. The largest absolute Gasteiger partial charge is 0.383 e. The van der Waals surface area contributed by atoms with Gasteiger partial charge in [-0.1, -0.05) is 19.8 Å². The minimum Gasteiger partial charge on any atom is -0.383 e. The van der Waals surface area contributed by atoms with Gasteiger partial charge in [0.1, 0.15) is 0 Å². The van der Waals surface area contributed by atoms with Gasteiger partial charge in [0.05, 0.1) is 12.3 Å². The maximum Gasteiger partial charge on any atom is 0.0664 e. The molecule has 1 rings (SSSR count). The molecule has 0 bridgehead atoms. The van der Waals surface area contributed by atoms with Crippen molar-refractivity contribution >= 4 is 5.69 Å². The molecule has 0 spiro atoms. The van der Waals surface area contributed by atoms with E-state index >= 15 is 0 Å². The molecule has 1 heterocycles. The molecule has 15 heavy (non-hydrogen) atoms. The van der Waals surface area contributed by atoms with Gasteiger partial charge in [-0.15, -0.1) is 0 Å². The second-order valence-corrected chi connectivity index (χ2v) is 3.68. The summed E-state index contributed by atoms with van der Waals surface area (Å²) < 4.78 is 5.19. The molecule has 0 amide bonds. The van der Waals surface area contributed by atoms with Crippen molar-refractivity contribution < 1.29 is 4.74 Å². The van der Waals surface area contributed by atoms with Gasteiger partial charge in [0.2, 0.25) is 0 Å². The fourth-order valence-corrected chi connectivity index (χ4v) is 1.53. The average molecular weight is 208 g/mol. The van der Waals surface area contributed by atoms with Crippen molar-refractivity contribution in [3.63, 3.8) is 0 Å². The SMILES string of the molecule is CCCCC(COC)Nc1cccnc1. The molecule has 0 radical (unpaired) electrons. The molecule has 84 valence electrons. The second-order valence-electron chi connectivity index (χ2n) is 3.68. The molecule has 0 saturated heterocycles. The Morgan fingerprint density at radius 2 is 2.40 bits per heavy atom. The van der Waals surface area contributed by atoms with Gasteiger partial charge in [-0.25, -0.2) is 0 Å². The molecule has 1 unspecified atom stereocenters. The lowest BCUT2D eigenvalue weighted by atomic mass is 10.1. The number of hydrogen-bond donors (Lipinski definition) is 1. The summed E-state index contributed by atoms with van der Waals surface area (Å²) in [6, 6.07) is 4.35. The molecular formula is C12H20N2O. The van der Waals surface area contributed by atoms with E-state index in [-0.39, 0.29) is 0 Å². The van der Waals surface area contributed by atoms with Crippen molar-refractivity contribution in [1.82, 2.24) is 4.98 Å². The van der Waals surface area contributed by atoms with Gasteiger partial charge in [-0.05, 0) is 18.6 Å². The number of rotatable bonds is 7. The fraction of sp³-hybridized carbons (Fsp3) is 0.583. The van der Waals surface area contributed by atoms with Crippen LogP contribution in [0.4, 0.5) is 5.69 Å². The molecule has 0 aliphatic carbocycles. The lowest BCUT2D eigenvalue weighted by molar-refractivity contribution is 0.182. The van der Waals surface area contributed by atoms with Crippen molar-refractivity contribution in [2.45, 2.75) is 32.2 Å². The molecule has 0 aliphatic rings. The first kappa shape index (κ1) is 12.0. The highest BCUT2D eigenvalue weighted by molar-refractivity contribution is 5.40. The Bertz CT molecular complexity index is 251. The number of methoxy groups -OCH3 is 1. The third-order valence-corrected chi connectivity index (χ3v) is 2.31. The summed E-state index contributed by atoms with van der Waals surface area (Å²) in [7, 11) is 1.74. The first-order valence-electron chi connectivity index (χ1n) is 5.52. The lowest BCUT2D eigenvalue weighted by Crippen LogP contribution is -2.24. The van der Waals surface area contributed by atoms with E-state index in [9.17, 15) is 0 Å². The summed E-state index contributed by atoms with van der Waals surface area (Å²) in [5, 5.41) is 3.43. The van der Waals surface area contributed by atoms with Crippen LogP contribution in [0.25, 0.3) is 0 Å². The third kappa shape index (κ3) is 4.79. The topological polar surface area (TPSA) is 34.1 Å². The van der Waals surface area contributed by atoms with Crippen LogP contribution in [0.15, 0.2) is 24.5 Å². The van der Waals surface area contributed by atoms with E-state index in [4.69, 9.17) is 4.74 Å². The Morgan fingerprint density at radius 3 is 3.00 bits per heavy atom. The standard InChI is InChI=1S/C12H20N2O/c1-3-4-6-12(10-15-2)14-11-7-5-8-13-9-11/h5,7-9,12,14H,3-4,6,10H2,1-2H3. The highest BCUT2D eigenvalue weighted by atomic mass is 16.5. The van der Waals surface area contributed by atoms with Gasteiger partial charge in [0, 0.05) is 25.5 Å². The predicted octanol–water partition coefficient (Wildman–Crippen LogP) is 2.70. The van der Waals surface area contributed by atoms with E-state index in [1.165, 1.54) is 12.8 Å². The van der Waals surface area contributed by atoms with Crippen molar-refractivity contribution in [2.24, 2.45) is 0 Å². The Hall–Kier alpha value is -1.09. The Labute approximate surface area is 91.9 Å². The molecule has 0 aliphatic heterocycles. The summed E-state index contributed by atoms with van der Waals surface area (Å²) in [4.78, 5) is 4.07. The van der Waals surface area contributed by atoms with Crippen LogP contribution in [0, 0.1) is 0 Å². The Kier molecular flexibility index (Phi) is 5.78. The summed E-state index contributed by atoms with van der Waals surface area (Å²) in [6.45, 7) is 2.95. The maximum atomic E-state index is 5.19. The van der Waals surface area contributed by atoms with E-state index in [2.05, 4.69) is 17.2 Å². The first-order chi connectivity index (χ1) is 7.36. The molecule has 1 N–H and O–H groups in total. The van der Waals surface area contributed by atoms with E-state index in [0.29, 0.717) is 6.04 Å². The van der Waals surface area contributed by atoms with Crippen LogP contribution in [0.1, 0.15) is 26.2 Å². The summed E-state index contributed by atoms with van der Waals surface area (Å²) in [6.07, 6.45) is 7.20. The van der Waals surface area contributed by atoms with Crippen LogP contribution in [0.5, 0.6) is 0 Å². The Morgan fingerprint density at radius 1 is 1.53 bits per heavy atom. The van der Waals surface area contributed by atoms with E-state index in [1.807, 2.05) is 18.3 Å². The lowest BCUT2D eigenvalue weighted by Gasteiger charge is -2.18. The number of hydrogen-bond acceptors (Lipinski definition) is 3. The molecular weight excluding hydrogens is 188 g/mol. The predicted molar refractivity (Wildman–Crippen MR) is 63.0 cm³/mol. The van der Waals surface area contributed by atoms with Gasteiger partial charge < -0.3 is 10.1 Å². The van der Waals surface area contributed by atoms with Crippen LogP contribution >= 0.6 is 0 Å². The molecule has 0 aromatic carbocycles. The molecule has 0 fully saturated rings. The van der Waals surface area contributed by atoms with Crippen LogP contribution in [-0.4, -0.2) is 24.7 Å². The smallest absolute Gasteiger partial charge is 0.0664 e. The molecule has 3 heteroatoms. The maximum absolute atomic E-state index is 5.19. The van der Waals surface area contributed by atoms with Crippen LogP contribution in [0.3, 0.4) is 0 Å². The highest BCUT2D eigenvalue weighted by Crippen LogP contribution is 2.10. The van der Waals surface area contributed by atoms with Crippen LogP contribution < -0.4 is 5.32 Å². The fourth-order valence-electron chi connectivity index (χ4n) is 1.53. The molecule has 1 aromatic rings. The third-order valence-electron chi connectivity index (χ3n) is 2.31. The summed E-state index contributed by atoms with van der Waals surface area (Å²) in [5.74, 6) is 0. The van der Waals surface area contributed by atoms with Crippen molar-refractivity contribution in [3.05, 3.63) is 24.5 Å². The number of anilines is 1. The molecule has 3 nitrogen and oxygen atoms in total. The van der Waals surface area contributed by atoms with Crippen LogP contribution in [0.2, 0.25) is 0 Å². The van der Waals surface area contributed by atoms with Crippen molar-refractivity contribution in [1.29, 1.82) is 0 Å². The van der Waals surface area contributed by atoms with Gasteiger partial charge in [0.15, 0.2) is 0 Å². The zero-order chi connectivity index (χ0) is 10.9. The molecule has 0 saturated carbocycles. The highest BCUT2D eigenvalue weighted by Gasteiger charge is 2.07. The van der Waals surface area contributed by atoms with Gasteiger partial charge >= 0.3 is 0 Å². The zero-order valence-corrected chi connectivity index (χ0v) is 9.57. The van der Waals surface area contributed by atoms with Crippen molar-refractivity contribution in [3.8, 4) is 0 Å². The normalized spacial score (nSPS) is 12.4. The van der Waals surface area contributed by atoms with Crippen molar-refractivity contribution in [2.75, 3.05) is 19.0 Å². The first-order valence-corrected chi connectivity index (χ1v) is 5.52. The average Bonchev–Trinajstić information content (AvgIpc) is 2.28. The van der Waals surface area contributed by atoms with Gasteiger partial charge in [0.25, 0.3) is 0 Å². The number of aromatic nitrogens is 1. The molecule has 1 aromatic heterocycles. The zero-order valence-electron chi connectivity index (χ0n) is 9.57. The minimum atomic E-state index is 0.388.